The number of carbonyl (C=O) groups is 1. The van der Waals surface area contributed by atoms with Crippen molar-refractivity contribution in [2.45, 2.75) is 225 Å². The third-order valence-corrected chi connectivity index (χ3v) is 10.0. The summed E-state index contributed by atoms with van der Waals surface area (Å²) in [5.74, 6) is -0.232. The lowest BCUT2D eigenvalue weighted by Crippen LogP contribution is -2.27. The van der Waals surface area contributed by atoms with E-state index in [2.05, 4.69) is 86.8 Å². The van der Waals surface area contributed by atoms with Crippen molar-refractivity contribution in [2.75, 3.05) is 19.8 Å². The van der Waals surface area contributed by atoms with Crippen LogP contribution in [0.15, 0.2) is 72.9 Å². The van der Waals surface area contributed by atoms with Crippen LogP contribution in [0.2, 0.25) is 0 Å². The molecule has 0 amide bonds. The molecule has 4 heteroatoms. The number of aliphatic hydroxyl groups is 1. The summed E-state index contributed by atoms with van der Waals surface area (Å²) < 4.78 is 11.2. The number of hydrogen-bond acceptors (Lipinski definition) is 4. The van der Waals surface area contributed by atoms with E-state index in [0.717, 1.165) is 64.2 Å². The average Bonchev–Trinajstić information content (AvgIpc) is 3.19. The molecule has 0 radical (unpaired) electrons. The Morgan fingerprint density at radius 3 is 1.25 bits per heavy atom. The number of rotatable bonds is 43. The number of hydrogen-bond donors (Lipinski definition) is 1. The van der Waals surface area contributed by atoms with Crippen molar-refractivity contribution < 1.29 is 19.4 Å². The maximum absolute atomic E-state index is 12.2. The minimum atomic E-state index is -0.556. The Balaban J connectivity index is 3.47. The van der Waals surface area contributed by atoms with E-state index in [-0.39, 0.29) is 19.2 Å². The van der Waals surface area contributed by atoms with Crippen molar-refractivity contribution in [2.24, 2.45) is 0 Å². The second kappa shape index (κ2) is 48.0. The number of allylic oxidation sites excluding steroid dienone is 12. The molecule has 0 aliphatic carbocycles. The van der Waals surface area contributed by atoms with Crippen LogP contribution in [-0.4, -0.2) is 37.0 Å². The van der Waals surface area contributed by atoms with Crippen LogP contribution in [0.5, 0.6) is 0 Å². The van der Waals surface area contributed by atoms with Gasteiger partial charge < -0.3 is 14.6 Å². The Morgan fingerprint density at radius 1 is 0.455 bits per heavy atom. The van der Waals surface area contributed by atoms with Gasteiger partial charge in [-0.1, -0.05) is 202 Å². The molecule has 0 aliphatic rings. The fourth-order valence-corrected chi connectivity index (χ4v) is 6.53. The predicted molar refractivity (Wildman–Crippen MR) is 242 cm³/mol. The van der Waals surface area contributed by atoms with Crippen molar-refractivity contribution in [3.05, 3.63) is 72.9 Å². The number of esters is 1. The molecule has 0 saturated heterocycles. The quantitative estimate of drug-likeness (QED) is 0.0381. The normalized spacial score (nSPS) is 13.0. The summed E-state index contributed by atoms with van der Waals surface area (Å²) in [5.41, 5.74) is 0. The fourth-order valence-electron chi connectivity index (χ4n) is 6.53. The van der Waals surface area contributed by atoms with Crippen LogP contribution in [0, 0.1) is 0 Å². The van der Waals surface area contributed by atoms with E-state index < -0.39 is 6.10 Å². The van der Waals surface area contributed by atoms with Crippen molar-refractivity contribution in [1.29, 1.82) is 0 Å². The Labute approximate surface area is 342 Å². The monoisotopic (exact) mass is 767 g/mol. The van der Waals surface area contributed by atoms with Crippen molar-refractivity contribution >= 4 is 5.97 Å². The largest absolute Gasteiger partial charge is 0.457 e. The third-order valence-electron chi connectivity index (χ3n) is 10.0. The zero-order valence-electron chi connectivity index (χ0n) is 36.4. The summed E-state index contributed by atoms with van der Waals surface area (Å²) in [6.45, 7) is 5.20. The highest BCUT2D eigenvalue weighted by atomic mass is 16.6. The summed E-state index contributed by atoms with van der Waals surface area (Å²) >= 11 is 0. The van der Waals surface area contributed by atoms with Gasteiger partial charge in [0.05, 0.1) is 13.2 Å². The third kappa shape index (κ3) is 46.1. The molecule has 0 spiro atoms. The van der Waals surface area contributed by atoms with Crippen LogP contribution in [0.3, 0.4) is 0 Å². The molecule has 0 saturated carbocycles. The number of aliphatic hydroxyl groups excluding tert-OH is 1. The van der Waals surface area contributed by atoms with Crippen molar-refractivity contribution in [3.8, 4) is 0 Å². The summed E-state index contributed by atoms with van der Waals surface area (Å²) in [7, 11) is 0. The molecule has 0 aromatic carbocycles. The molecule has 1 unspecified atom stereocenters. The van der Waals surface area contributed by atoms with Crippen LogP contribution in [0.1, 0.15) is 219 Å². The molecule has 0 fully saturated rings. The number of carbonyl (C=O) groups excluding carboxylic acids is 1. The lowest BCUT2D eigenvalue weighted by atomic mass is 10.0. The van der Waals surface area contributed by atoms with E-state index in [9.17, 15) is 9.90 Å². The Hall–Kier alpha value is -2.17. The Bertz CT molecular complexity index is 942. The summed E-state index contributed by atoms with van der Waals surface area (Å²) in [6, 6.07) is 0. The molecule has 0 aliphatic heterocycles. The summed E-state index contributed by atoms with van der Waals surface area (Å²) in [4.78, 5) is 12.2. The lowest BCUT2D eigenvalue weighted by molar-refractivity contribution is -0.154. The first kappa shape index (κ1) is 52.8. The van der Waals surface area contributed by atoms with Gasteiger partial charge in [0.1, 0.15) is 6.10 Å². The van der Waals surface area contributed by atoms with E-state index in [4.69, 9.17) is 9.47 Å². The molecule has 0 aromatic heterocycles. The Morgan fingerprint density at radius 2 is 0.818 bits per heavy atom. The Kier molecular flexibility index (Phi) is 46.1. The van der Waals surface area contributed by atoms with E-state index >= 15 is 0 Å². The second-order valence-corrected chi connectivity index (χ2v) is 15.4. The molecule has 0 bridgehead atoms. The van der Waals surface area contributed by atoms with Gasteiger partial charge in [0, 0.05) is 13.0 Å². The highest BCUT2D eigenvalue weighted by Crippen LogP contribution is 2.14. The zero-order chi connectivity index (χ0) is 39.8. The maximum Gasteiger partial charge on any atom is 0.306 e. The maximum atomic E-state index is 12.2. The summed E-state index contributed by atoms with van der Waals surface area (Å²) in [5, 5.41) is 9.62. The first-order valence-corrected chi connectivity index (χ1v) is 23.5. The highest BCUT2D eigenvalue weighted by molar-refractivity contribution is 5.69. The standard InChI is InChI=1S/C51H90O4/c1-3-5-7-9-11-13-15-17-19-21-23-24-25-26-27-29-31-33-35-37-39-41-43-45-47-54-49-50(48-52)55-51(53)46-44-42-40-38-36-34-32-30-28-22-20-18-16-14-12-10-8-6-4-2/h6,8,12,14,18,20-21,23,28,30,34,36,50,52H,3-5,7,9-11,13,15-17,19,22,24-27,29,31-33,35,37-49H2,1-2H3/b8-6-,14-12-,20-18-,23-21-,30-28-,36-34-. The van der Waals surface area contributed by atoms with Crippen molar-refractivity contribution in [3.63, 3.8) is 0 Å². The van der Waals surface area contributed by atoms with Crippen LogP contribution in [0.25, 0.3) is 0 Å². The minimum Gasteiger partial charge on any atom is -0.457 e. The molecule has 0 aromatic rings. The zero-order valence-corrected chi connectivity index (χ0v) is 36.4. The van der Waals surface area contributed by atoms with E-state index in [0.29, 0.717) is 13.0 Å². The average molecular weight is 767 g/mol. The second-order valence-electron chi connectivity index (χ2n) is 15.4. The minimum absolute atomic E-state index is 0.188. The van der Waals surface area contributed by atoms with E-state index in [1.807, 2.05) is 0 Å². The fraction of sp³-hybridized carbons (Fsp3) is 0.745. The predicted octanol–water partition coefficient (Wildman–Crippen LogP) is 15.8. The van der Waals surface area contributed by atoms with Crippen molar-refractivity contribution in [1.82, 2.24) is 0 Å². The first-order chi connectivity index (χ1) is 27.2. The van der Waals surface area contributed by atoms with Crippen LogP contribution in [0.4, 0.5) is 0 Å². The molecule has 1 atom stereocenters. The molecule has 55 heavy (non-hydrogen) atoms. The smallest absolute Gasteiger partial charge is 0.306 e. The molecular weight excluding hydrogens is 677 g/mol. The molecule has 1 N–H and O–H groups in total. The topological polar surface area (TPSA) is 55.8 Å². The molecular formula is C51H90O4. The van der Waals surface area contributed by atoms with Gasteiger partial charge in [-0.2, -0.15) is 0 Å². The molecule has 4 nitrogen and oxygen atoms in total. The number of ether oxygens (including phenoxy) is 2. The first-order valence-electron chi connectivity index (χ1n) is 23.5. The van der Waals surface area contributed by atoms with Crippen LogP contribution >= 0.6 is 0 Å². The van der Waals surface area contributed by atoms with Gasteiger partial charge in [0.2, 0.25) is 0 Å². The number of unbranched alkanes of at least 4 members (excludes halogenated alkanes) is 23. The lowest BCUT2D eigenvalue weighted by Gasteiger charge is -2.15. The van der Waals surface area contributed by atoms with Gasteiger partial charge in [0.25, 0.3) is 0 Å². The van der Waals surface area contributed by atoms with Crippen LogP contribution < -0.4 is 0 Å². The summed E-state index contributed by atoms with van der Waals surface area (Å²) in [6.07, 6.45) is 65.5. The van der Waals surface area contributed by atoms with E-state index in [1.54, 1.807) is 0 Å². The van der Waals surface area contributed by atoms with Gasteiger partial charge >= 0.3 is 5.97 Å². The van der Waals surface area contributed by atoms with Gasteiger partial charge in [-0.15, -0.1) is 0 Å². The van der Waals surface area contributed by atoms with Gasteiger partial charge in [-0.25, -0.2) is 0 Å². The van der Waals surface area contributed by atoms with Gasteiger partial charge in [0.15, 0.2) is 0 Å². The van der Waals surface area contributed by atoms with E-state index in [1.165, 1.54) is 135 Å². The molecule has 0 heterocycles. The molecule has 318 valence electrons. The van der Waals surface area contributed by atoms with Gasteiger partial charge in [-0.3, -0.25) is 4.79 Å². The van der Waals surface area contributed by atoms with Crippen LogP contribution in [-0.2, 0) is 14.3 Å². The SMILES string of the molecule is CC/C=C\C/C=C\C/C=C\C/C=C\C/C=C\CCCCCC(=O)OC(CO)COCCCCCCCCCCCCCC/C=C\CCCCCCCCCC. The van der Waals surface area contributed by atoms with Gasteiger partial charge in [-0.05, 0) is 83.5 Å². The highest BCUT2D eigenvalue weighted by Gasteiger charge is 2.13. The molecule has 0 rings (SSSR count).